The second kappa shape index (κ2) is 8.07. The van der Waals surface area contributed by atoms with Crippen LogP contribution >= 0.6 is 23.4 Å². The Hall–Kier alpha value is -1.20. The molecule has 6 heteroatoms. The zero-order chi connectivity index (χ0) is 14.3. The second-order valence-electron chi connectivity index (χ2n) is 4.44. The van der Waals surface area contributed by atoms with Crippen molar-refractivity contribution >= 4 is 35.2 Å². The number of thioether (sulfide) groups is 1. The van der Waals surface area contributed by atoms with Crippen LogP contribution < -0.4 is 10.9 Å². The monoisotopic (exact) mass is 300 g/mol. The first kappa shape index (κ1) is 15.9. The van der Waals surface area contributed by atoms with Gasteiger partial charge in [-0.25, -0.2) is 0 Å². The van der Waals surface area contributed by atoms with Crippen molar-refractivity contribution in [1.29, 1.82) is 0 Å². The Bertz CT molecular complexity index is 435. The van der Waals surface area contributed by atoms with E-state index in [-0.39, 0.29) is 23.5 Å². The molecule has 4 nitrogen and oxygen atoms in total. The molecule has 0 heterocycles. The maximum absolute atomic E-state index is 11.5. The molecule has 0 radical (unpaired) electrons. The van der Waals surface area contributed by atoms with Gasteiger partial charge in [0.1, 0.15) is 0 Å². The van der Waals surface area contributed by atoms with Crippen LogP contribution in [-0.4, -0.2) is 17.6 Å². The van der Waals surface area contributed by atoms with Crippen molar-refractivity contribution in [1.82, 2.24) is 10.9 Å². The number of hydrazine groups is 1. The highest BCUT2D eigenvalue weighted by molar-refractivity contribution is 8.00. The van der Waals surface area contributed by atoms with Crippen LogP contribution in [0.5, 0.6) is 0 Å². The van der Waals surface area contributed by atoms with E-state index in [1.165, 1.54) is 11.8 Å². The highest BCUT2D eigenvalue weighted by Gasteiger charge is 2.07. The molecule has 1 rings (SSSR count). The molecular formula is C13H17ClN2O2S. The van der Waals surface area contributed by atoms with Crippen LogP contribution in [0.1, 0.15) is 20.3 Å². The number of amides is 2. The molecule has 0 aliphatic rings. The Kier molecular flexibility index (Phi) is 6.73. The van der Waals surface area contributed by atoms with Gasteiger partial charge in [0.05, 0.1) is 5.75 Å². The van der Waals surface area contributed by atoms with Gasteiger partial charge < -0.3 is 0 Å². The summed E-state index contributed by atoms with van der Waals surface area (Å²) in [6, 6.07) is 7.23. The molecule has 2 amide bonds. The van der Waals surface area contributed by atoms with Gasteiger partial charge in [0.2, 0.25) is 11.8 Å². The lowest BCUT2D eigenvalue weighted by molar-refractivity contribution is -0.128. The molecule has 0 saturated heterocycles. The number of hydrogen-bond donors (Lipinski definition) is 2. The molecule has 0 spiro atoms. The van der Waals surface area contributed by atoms with Gasteiger partial charge in [-0.2, -0.15) is 0 Å². The van der Waals surface area contributed by atoms with Gasteiger partial charge in [-0.15, -0.1) is 11.8 Å². The predicted molar refractivity (Wildman–Crippen MR) is 77.9 cm³/mol. The molecule has 1 aromatic rings. The Morgan fingerprint density at radius 1 is 1.16 bits per heavy atom. The topological polar surface area (TPSA) is 58.2 Å². The van der Waals surface area contributed by atoms with Gasteiger partial charge in [0.15, 0.2) is 0 Å². The van der Waals surface area contributed by atoms with Crippen molar-refractivity contribution in [2.24, 2.45) is 5.92 Å². The molecule has 104 valence electrons. The van der Waals surface area contributed by atoms with E-state index < -0.39 is 0 Å². The minimum atomic E-state index is -0.239. The molecule has 1 aromatic carbocycles. The van der Waals surface area contributed by atoms with Gasteiger partial charge in [-0.05, 0) is 30.2 Å². The van der Waals surface area contributed by atoms with E-state index in [4.69, 9.17) is 11.6 Å². The third kappa shape index (κ3) is 7.08. The average Bonchev–Trinajstić information content (AvgIpc) is 2.35. The van der Waals surface area contributed by atoms with Crippen molar-refractivity contribution in [3.05, 3.63) is 29.3 Å². The highest BCUT2D eigenvalue weighted by atomic mass is 35.5. The van der Waals surface area contributed by atoms with Crippen LogP contribution in [0.4, 0.5) is 0 Å². The minimum absolute atomic E-state index is 0.181. The zero-order valence-electron chi connectivity index (χ0n) is 10.9. The van der Waals surface area contributed by atoms with Crippen LogP contribution in [0.25, 0.3) is 0 Å². The smallest absolute Gasteiger partial charge is 0.248 e. The van der Waals surface area contributed by atoms with Crippen LogP contribution in [0.15, 0.2) is 29.2 Å². The molecule has 0 aromatic heterocycles. The Labute approximate surface area is 122 Å². The Balaban J connectivity index is 2.24. The lowest BCUT2D eigenvalue weighted by Crippen LogP contribution is -2.42. The van der Waals surface area contributed by atoms with E-state index in [0.29, 0.717) is 11.4 Å². The summed E-state index contributed by atoms with van der Waals surface area (Å²) in [5.74, 6) is 0.0843. The molecule has 2 N–H and O–H groups in total. The fourth-order valence-corrected chi connectivity index (χ4v) is 2.10. The van der Waals surface area contributed by atoms with Crippen LogP contribution in [0.3, 0.4) is 0 Å². The molecule has 0 aliphatic heterocycles. The normalized spacial score (nSPS) is 10.3. The SMILES string of the molecule is CC(C)CC(=O)NNC(=O)CSc1ccc(Cl)cc1. The molecule has 19 heavy (non-hydrogen) atoms. The maximum Gasteiger partial charge on any atom is 0.248 e. The first-order valence-electron chi connectivity index (χ1n) is 5.93. The van der Waals surface area contributed by atoms with E-state index in [1.807, 2.05) is 26.0 Å². The zero-order valence-corrected chi connectivity index (χ0v) is 12.5. The fourth-order valence-electron chi connectivity index (χ4n) is 1.28. The maximum atomic E-state index is 11.5. The fraction of sp³-hybridized carbons (Fsp3) is 0.385. The number of hydrogen-bond acceptors (Lipinski definition) is 3. The quantitative estimate of drug-likeness (QED) is 0.649. The molecule has 0 atom stereocenters. The van der Waals surface area contributed by atoms with E-state index in [1.54, 1.807) is 12.1 Å². The number of rotatable bonds is 5. The van der Waals surface area contributed by atoms with Crippen molar-refractivity contribution in [2.45, 2.75) is 25.2 Å². The second-order valence-corrected chi connectivity index (χ2v) is 5.92. The largest absolute Gasteiger partial charge is 0.273 e. The third-order valence-corrected chi connectivity index (χ3v) is 3.38. The number of carbonyl (C=O) groups excluding carboxylic acids is 2. The lowest BCUT2D eigenvalue weighted by Gasteiger charge is -2.08. The highest BCUT2D eigenvalue weighted by Crippen LogP contribution is 2.19. The standard InChI is InChI=1S/C13H17ClN2O2S/c1-9(2)7-12(17)15-16-13(18)8-19-11-5-3-10(14)4-6-11/h3-6,9H,7-8H2,1-2H3,(H,15,17)(H,16,18). The van der Waals surface area contributed by atoms with Crippen LogP contribution in [-0.2, 0) is 9.59 Å². The Morgan fingerprint density at radius 2 is 1.74 bits per heavy atom. The van der Waals surface area contributed by atoms with E-state index in [0.717, 1.165) is 4.90 Å². The van der Waals surface area contributed by atoms with Gasteiger partial charge >= 0.3 is 0 Å². The predicted octanol–water partition coefficient (Wildman–Crippen LogP) is 2.63. The molecule has 0 aliphatic carbocycles. The summed E-state index contributed by atoms with van der Waals surface area (Å²) in [7, 11) is 0. The third-order valence-electron chi connectivity index (χ3n) is 2.12. The van der Waals surface area contributed by atoms with Crippen molar-refractivity contribution in [2.75, 3.05) is 5.75 Å². The first-order valence-corrected chi connectivity index (χ1v) is 7.30. The summed E-state index contributed by atoms with van der Waals surface area (Å²) in [6.45, 7) is 3.88. The summed E-state index contributed by atoms with van der Waals surface area (Å²) in [4.78, 5) is 23.8. The van der Waals surface area contributed by atoms with Crippen molar-refractivity contribution < 1.29 is 9.59 Å². The number of halogens is 1. The van der Waals surface area contributed by atoms with Gasteiger partial charge in [0, 0.05) is 16.3 Å². The summed E-state index contributed by atoms with van der Waals surface area (Å²) in [6.07, 6.45) is 0.393. The van der Waals surface area contributed by atoms with E-state index in [2.05, 4.69) is 10.9 Å². The average molecular weight is 301 g/mol. The summed E-state index contributed by atoms with van der Waals surface area (Å²) in [5.41, 5.74) is 4.77. The number of benzene rings is 1. The van der Waals surface area contributed by atoms with Crippen LogP contribution in [0.2, 0.25) is 5.02 Å². The van der Waals surface area contributed by atoms with E-state index >= 15 is 0 Å². The number of nitrogens with one attached hydrogen (secondary N) is 2. The van der Waals surface area contributed by atoms with Gasteiger partial charge in [0.25, 0.3) is 0 Å². The van der Waals surface area contributed by atoms with Gasteiger partial charge in [-0.3, -0.25) is 20.4 Å². The van der Waals surface area contributed by atoms with Crippen molar-refractivity contribution in [3.8, 4) is 0 Å². The summed E-state index contributed by atoms with van der Waals surface area (Å²) in [5, 5.41) is 0.662. The van der Waals surface area contributed by atoms with Gasteiger partial charge in [-0.1, -0.05) is 25.4 Å². The van der Waals surface area contributed by atoms with Crippen molar-refractivity contribution in [3.63, 3.8) is 0 Å². The number of carbonyl (C=O) groups is 2. The van der Waals surface area contributed by atoms with E-state index in [9.17, 15) is 9.59 Å². The molecule has 0 fully saturated rings. The first-order chi connectivity index (χ1) is 8.97. The van der Waals surface area contributed by atoms with Crippen LogP contribution in [0, 0.1) is 5.92 Å². The molecule has 0 saturated carbocycles. The molecular weight excluding hydrogens is 284 g/mol. The summed E-state index contributed by atoms with van der Waals surface area (Å²) >= 11 is 7.15. The molecule has 0 bridgehead atoms. The molecule has 0 unspecified atom stereocenters. The Morgan fingerprint density at radius 3 is 2.32 bits per heavy atom. The minimum Gasteiger partial charge on any atom is -0.273 e. The summed E-state index contributed by atoms with van der Waals surface area (Å²) < 4.78 is 0. The lowest BCUT2D eigenvalue weighted by atomic mass is 10.1.